The zero-order valence-corrected chi connectivity index (χ0v) is 12.1. The maximum absolute atomic E-state index is 11.9. The van der Waals surface area contributed by atoms with Gasteiger partial charge in [0.15, 0.2) is 0 Å². The predicted molar refractivity (Wildman–Crippen MR) is 85.8 cm³/mol. The van der Waals surface area contributed by atoms with E-state index in [2.05, 4.69) is 10.3 Å². The number of hydrogen-bond acceptors (Lipinski definition) is 2. The van der Waals surface area contributed by atoms with Crippen molar-refractivity contribution in [1.29, 1.82) is 0 Å². The number of nitrogens with one attached hydrogen (secondary N) is 1. The number of benzene rings is 1. The molecule has 108 valence electrons. The first-order valence-corrected chi connectivity index (χ1v) is 7.66. The van der Waals surface area contributed by atoms with Gasteiger partial charge in [-0.15, -0.1) is 0 Å². The number of para-hydroxylation sites is 1. The standard InChI is InChI=1S/C18H20N2O/c21-18(20-15-7-2-1-3-8-15)13-12-16-11-10-14-6-4-5-9-17(14)19-16/h4-6,9-13,15H,1-3,7-8H2,(H,20,21)/b13-12+. The Labute approximate surface area is 125 Å². The first-order valence-electron chi connectivity index (χ1n) is 7.66. The van der Waals surface area contributed by atoms with Gasteiger partial charge in [-0.25, -0.2) is 4.98 Å². The van der Waals surface area contributed by atoms with Gasteiger partial charge >= 0.3 is 0 Å². The molecule has 3 heteroatoms. The normalized spacial score (nSPS) is 16.4. The Morgan fingerprint density at radius 2 is 1.90 bits per heavy atom. The fourth-order valence-electron chi connectivity index (χ4n) is 2.83. The number of fused-ring (bicyclic) bond motifs is 1. The van der Waals surface area contributed by atoms with Crippen LogP contribution >= 0.6 is 0 Å². The summed E-state index contributed by atoms with van der Waals surface area (Å²) in [6, 6.07) is 12.3. The lowest BCUT2D eigenvalue weighted by molar-refractivity contribution is -0.117. The van der Waals surface area contributed by atoms with Gasteiger partial charge in [-0.05, 0) is 31.1 Å². The van der Waals surface area contributed by atoms with Crippen molar-refractivity contribution in [2.45, 2.75) is 38.1 Å². The Bertz CT molecular complexity index is 657. The third kappa shape index (κ3) is 3.69. The highest BCUT2D eigenvalue weighted by Gasteiger charge is 2.14. The van der Waals surface area contributed by atoms with Crippen LogP contribution in [0.5, 0.6) is 0 Å². The maximum atomic E-state index is 11.9. The lowest BCUT2D eigenvalue weighted by Gasteiger charge is -2.21. The molecule has 1 saturated carbocycles. The molecule has 0 saturated heterocycles. The molecular formula is C18H20N2O. The van der Waals surface area contributed by atoms with E-state index in [1.165, 1.54) is 19.3 Å². The van der Waals surface area contributed by atoms with Gasteiger partial charge in [0.05, 0.1) is 11.2 Å². The highest BCUT2D eigenvalue weighted by atomic mass is 16.1. The fourth-order valence-corrected chi connectivity index (χ4v) is 2.83. The molecule has 0 bridgehead atoms. The largest absolute Gasteiger partial charge is 0.350 e. The van der Waals surface area contributed by atoms with Crippen LogP contribution in [0.25, 0.3) is 17.0 Å². The Hall–Kier alpha value is -2.16. The second kappa shape index (κ2) is 6.53. The molecule has 1 fully saturated rings. The van der Waals surface area contributed by atoms with Gasteiger partial charge in [0.1, 0.15) is 0 Å². The van der Waals surface area contributed by atoms with E-state index < -0.39 is 0 Å². The number of hydrogen-bond donors (Lipinski definition) is 1. The highest BCUT2D eigenvalue weighted by Crippen LogP contribution is 2.17. The number of carbonyl (C=O) groups is 1. The van der Waals surface area contributed by atoms with Crippen LogP contribution in [0.1, 0.15) is 37.8 Å². The van der Waals surface area contributed by atoms with Crippen molar-refractivity contribution in [3.05, 3.63) is 48.2 Å². The number of pyridine rings is 1. The van der Waals surface area contributed by atoms with E-state index in [1.807, 2.05) is 36.4 Å². The highest BCUT2D eigenvalue weighted by molar-refractivity contribution is 5.92. The Balaban J connectivity index is 1.64. The quantitative estimate of drug-likeness (QED) is 0.871. The summed E-state index contributed by atoms with van der Waals surface area (Å²) in [4.78, 5) is 16.4. The molecule has 1 aliphatic rings. The number of rotatable bonds is 3. The molecule has 0 radical (unpaired) electrons. The van der Waals surface area contributed by atoms with E-state index in [-0.39, 0.29) is 5.91 Å². The summed E-state index contributed by atoms with van der Waals surface area (Å²) >= 11 is 0. The zero-order chi connectivity index (χ0) is 14.5. The van der Waals surface area contributed by atoms with Crippen LogP contribution in [0.2, 0.25) is 0 Å². The predicted octanol–water partition coefficient (Wildman–Crippen LogP) is 3.70. The van der Waals surface area contributed by atoms with Crippen LogP contribution in [0.4, 0.5) is 0 Å². The lowest BCUT2D eigenvalue weighted by atomic mass is 9.95. The summed E-state index contributed by atoms with van der Waals surface area (Å²) in [5, 5.41) is 4.19. The molecule has 1 heterocycles. The van der Waals surface area contributed by atoms with Gasteiger partial charge in [-0.1, -0.05) is 43.5 Å². The van der Waals surface area contributed by atoms with Gasteiger partial charge in [0.25, 0.3) is 0 Å². The Kier molecular flexibility index (Phi) is 4.29. The summed E-state index contributed by atoms with van der Waals surface area (Å²) in [6.45, 7) is 0. The molecular weight excluding hydrogens is 260 g/mol. The molecule has 2 aromatic rings. The fraction of sp³-hybridized carbons (Fsp3) is 0.333. The van der Waals surface area contributed by atoms with Crippen molar-refractivity contribution < 1.29 is 4.79 Å². The van der Waals surface area contributed by atoms with Crippen LogP contribution in [0.15, 0.2) is 42.5 Å². The summed E-state index contributed by atoms with van der Waals surface area (Å²) < 4.78 is 0. The van der Waals surface area contributed by atoms with Crippen molar-refractivity contribution in [3.63, 3.8) is 0 Å². The van der Waals surface area contributed by atoms with E-state index in [4.69, 9.17) is 0 Å². The van der Waals surface area contributed by atoms with Gasteiger partial charge in [0.2, 0.25) is 5.91 Å². The lowest BCUT2D eigenvalue weighted by Crippen LogP contribution is -2.34. The van der Waals surface area contributed by atoms with Gasteiger partial charge in [0, 0.05) is 17.5 Å². The second-order valence-electron chi connectivity index (χ2n) is 5.61. The van der Waals surface area contributed by atoms with E-state index >= 15 is 0 Å². The first kappa shape index (κ1) is 13.8. The van der Waals surface area contributed by atoms with Crippen molar-refractivity contribution in [3.8, 4) is 0 Å². The van der Waals surface area contributed by atoms with Crippen LogP contribution in [0, 0.1) is 0 Å². The van der Waals surface area contributed by atoms with Crippen molar-refractivity contribution >= 4 is 22.9 Å². The van der Waals surface area contributed by atoms with Crippen LogP contribution < -0.4 is 5.32 Å². The molecule has 0 atom stereocenters. The monoisotopic (exact) mass is 280 g/mol. The van der Waals surface area contributed by atoms with Gasteiger partial charge in [-0.2, -0.15) is 0 Å². The van der Waals surface area contributed by atoms with E-state index in [1.54, 1.807) is 12.2 Å². The third-order valence-corrected chi connectivity index (χ3v) is 3.98. The molecule has 1 N–H and O–H groups in total. The van der Waals surface area contributed by atoms with E-state index in [9.17, 15) is 4.79 Å². The smallest absolute Gasteiger partial charge is 0.244 e. The minimum Gasteiger partial charge on any atom is -0.350 e. The Morgan fingerprint density at radius 3 is 2.76 bits per heavy atom. The summed E-state index contributed by atoms with van der Waals surface area (Å²) in [7, 11) is 0. The summed E-state index contributed by atoms with van der Waals surface area (Å²) in [5.74, 6) is -0.0168. The van der Waals surface area contributed by atoms with Crippen LogP contribution in [-0.4, -0.2) is 16.9 Å². The molecule has 3 nitrogen and oxygen atoms in total. The number of carbonyl (C=O) groups excluding carboxylic acids is 1. The second-order valence-corrected chi connectivity index (χ2v) is 5.61. The van der Waals surface area contributed by atoms with Gasteiger partial charge < -0.3 is 5.32 Å². The number of aromatic nitrogens is 1. The summed E-state index contributed by atoms with van der Waals surface area (Å²) in [6.07, 6.45) is 9.32. The van der Waals surface area contributed by atoms with Crippen molar-refractivity contribution in [2.24, 2.45) is 0 Å². The zero-order valence-electron chi connectivity index (χ0n) is 12.1. The maximum Gasteiger partial charge on any atom is 0.244 e. The van der Waals surface area contributed by atoms with E-state index in [0.717, 1.165) is 29.4 Å². The topological polar surface area (TPSA) is 42.0 Å². The molecule has 1 aromatic heterocycles. The molecule has 21 heavy (non-hydrogen) atoms. The average Bonchev–Trinajstić information content (AvgIpc) is 2.54. The Morgan fingerprint density at radius 1 is 1.10 bits per heavy atom. The average molecular weight is 280 g/mol. The molecule has 0 spiro atoms. The minimum atomic E-state index is -0.0168. The van der Waals surface area contributed by atoms with Crippen LogP contribution in [0.3, 0.4) is 0 Å². The number of nitrogens with zero attached hydrogens (tertiary/aromatic N) is 1. The molecule has 0 unspecified atom stereocenters. The molecule has 0 aliphatic heterocycles. The molecule has 1 aromatic carbocycles. The van der Waals surface area contributed by atoms with Crippen molar-refractivity contribution in [1.82, 2.24) is 10.3 Å². The van der Waals surface area contributed by atoms with Crippen LogP contribution in [-0.2, 0) is 4.79 Å². The van der Waals surface area contributed by atoms with Gasteiger partial charge in [-0.3, -0.25) is 4.79 Å². The third-order valence-electron chi connectivity index (χ3n) is 3.98. The minimum absolute atomic E-state index is 0.0168. The summed E-state index contributed by atoms with van der Waals surface area (Å²) in [5.41, 5.74) is 1.76. The molecule has 3 rings (SSSR count). The van der Waals surface area contributed by atoms with Crippen molar-refractivity contribution in [2.75, 3.05) is 0 Å². The molecule has 1 aliphatic carbocycles. The number of amides is 1. The SMILES string of the molecule is O=C(/C=C/c1ccc2ccccc2n1)NC1CCCCC1. The molecule has 1 amide bonds. The first-order chi connectivity index (χ1) is 10.3. The van der Waals surface area contributed by atoms with E-state index in [0.29, 0.717) is 6.04 Å².